The zero-order valence-corrected chi connectivity index (χ0v) is 18.9. The van der Waals surface area contributed by atoms with E-state index in [-0.39, 0.29) is 17.3 Å². The van der Waals surface area contributed by atoms with Gasteiger partial charge in [-0.3, -0.25) is 35.5 Å². The van der Waals surface area contributed by atoms with E-state index in [1.54, 1.807) is 48.5 Å². The number of benzene rings is 3. The Bertz CT molecular complexity index is 1140. The van der Waals surface area contributed by atoms with Crippen molar-refractivity contribution in [1.29, 1.82) is 0 Å². The molecule has 0 aromatic heterocycles. The lowest BCUT2D eigenvalue weighted by Crippen LogP contribution is -2.36. The van der Waals surface area contributed by atoms with Crippen molar-refractivity contribution in [2.45, 2.75) is 38.1 Å². The molecule has 3 aromatic carbocycles. The third kappa shape index (κ3) is 5.55. The minimum atomic E-state index is -0.721. The van der Waals surface area contributed by atoms with Gasteiger partial charge in [0, 0.05) is 18.2 Å². The largest absolute Gasteiger partial charge is 0.349 e. The van der Waals surface area contributed by atoms with Crippen LogP contribution in [0.4, 0.5) is 28.4 Å². The zero-order chi connectivity index (χ0) is 24.8. The zero-order valence-electron chi connectivity index (χ0n) is 18.9. The molecule has 0 heterocycles. The molecular weight excluding hydrogens is 450 g/mol. The van der Waals surface area contributed by atoms with Gasteiger partial charge in [0.25, 0.3) is 5.91 Å². The number of carbonyl (C=O) groups is 1. The van der Waals surface area contributed by atoms with Gasteiger partial charge in [0.05, 0.1) is 26.8 Å². The van der Waals surface area contributed by atoms with Crippen LogP contribution in [0.15, 0.2) is 72.8 Å². The van der Waals surface area contributed by atoms with Crippen molar-refractivity contribution in [2.24, 2.45) is 0 Å². The third-order valence-electron chi connectivity index (χ3n) is 5.95. The normalized spacial score (nSPS) is 13.6. The van der Waals surface area contributed by atoms with Crippen LogP contribution in [0.5, 0.6) is 0 Å². The fraction of sp³-hybridized carbons (Fsp3) is 0.240. The smallest absolute Gasteiger partial charge is 0.302 e. The lowest BCUT2D eigenvalue weighted by Gasteiger charge is -2.26. The number of amides is 1. The molecule has 0 atom stereocenters. The first-order chi connectivity index (χ1) is 16.9. The molecule has 0 saturated heterocycles. The quantitative estimate of drug-likeness (QED) is 0.314. The van der Waals surface area contributed by atoms with Crippen molar-refractivity contribution < 1.29 is 14.6 Å². The second-order valence-electron chi connectivity index (χ2n) is 8.33. The molecule has 10 nitrogen and oxygen atoms in total. The molecule has 1 aliphatic carbocycles. The molecule has 0 radical (unpaired) electrons. The Morgan fingerprint density at radius 3 is 1.74 bits per heavy atom. The van der Waals surface area contributed by atoms with E-state index in [1.165, 1.54) is 5.01 Å². The second kappa shape index (κ2) is 10.6. The Balaban J connectivity index is 1.76. The summed E-state index contributed by atoms with van der Waals surface area (Å²) in [4.78, 5) is 35.4. The number of hydrazine groups is 1. The fourth-order valence-corrected chi connectivity index (χ4v) is 4.21. The first kappa shape index (κ1) is 23.7. The van der Waals surface area contributed by atoms with Crippen LogP contribution in [0.2, 0.25) is 0 Å². The number of nitrogens with zero attached hydrogens (tertiary/aromatic N) is 3. The van der Waals surface area contributed by atoms with Gasteiger partial charge in [-0.05, 0) is 37.1 Å². The average molecular weight is 476 g/mol. The molecule has 10 heteroatoms. The van der Waals surface area contributed by atoms with E-state index in [2.05, 4.69) is 10.7 Å². The number of hydrogen-bond donors (Lipinski definition) is 2. The van der Waals surface area contributed by atoms with Gasteiger partial charge < -0.3 is 5.32 Å². The standard InChI is InChI=1S/C25H25N5O5/c31-25(26-19-10-4-1-5-11-19)18-16-22(29(32)33)24(23(17-18)30(34)35)27-28(20-12-6-2-7-13-20)21-14-8-3-9-15-21/h2-3,6-9,12-17,19,27H,1,4-5,10-11H2,(H,26,31). The third-order valence-corrected chi connectivity index (χ3v) is 5.95. The number of carbonyl (C=O) groups excluding carboxylic acids is 1. The van der Waals surface area contributed by atoms with E-state index >= 15 is 0 Å². The van der Waals surface area contributed by atoms with Crippen LogP contribution in [0.25, 0.3) is 0 Å². The molecule has 4 rings (SSSR count). The lowest BCUT2D eigenvalue weighted by molar-refractivity contribution is -0.392. The van der Waals surface area contributed by atoms with Crippen LogP contribution in [0.3, 0.4) is 0 Å². The number of para-hydroxylation sites is 2. The summed E-state index contributed by atoms with van der Waals surface area (Å²) in [5, 5.41) is 28.4. The van der Waals surface area contributed by atoms with E-state index < -0.39 is 27.1 Å². The van der Waals surface area contributed by atoms with Gasteiger partial charge in [0.1, 0.15) is 0 Å². The number of nitrogens with one attached hydrogen (secondary N) is 2. The van der Waals surface area contributed by atoms with Crippen molar-refractivity contribution in [3.63, 3.8) is 0 Å². The van der Waals surface area contributed by atoms with Crippen LogP contribution in [0.1, 0.15) is 42.5 Å². The van der Waals surface area contributed by atoms with E-state index in [0.717, 1.165) is 44.2 Å². The molecule has 2 N–H and O–H groups in total. The summed E-state index contributed by atoms with van der Waals surface area (Å²) in [7, 11) is 0. The van der Waals surface area contributed by atoms with Gasteiger partial charge in [0.15, 0.2) is 0 Å². The van der Waals surface area contributed by atoms with Crippen molar-refractivity contribution >= 4 is 34.3 Å². The first-order valence-corrected chi connectivity index (χ1v) is 11.4. The minimum Gasteiger partial charge on any atom is -0.349 e. The molecule has 0 bridgehead atoms. The van der Waals surface area contributed by atoms with Gasteiger partial charge in [-0.15, -0.1) is 0 Å². The first-order valence-electron chi connectivity index (χ1n) is 11.4. The second-order valence-corrected chi connectivity index (χ2v) is 8.33. The molecule has 1 amide bonds. The van der Waals surface area contributed by atoms with Gasteiger partial charge in [-0.25, -0.2) is 0 Å². The fourth-order valence-electron chi connectivity index (χ4n) is 4.21. The molecule has 35 heavy (non-hydrogen) atoms. The Morgan fingerprint density at radius 2 is 1.29 bits per heavy atom. The highest BCUT2D eigenvalue weighted by molar-refractivity contribution is 5.98. The number of anilines is 3. The molecule has 0 aliphatic heterocycles. The molecule has 1 aliphatic rings. The minimum absolute atomic E-state index is 0.0428. The number of hydrogen-bond acceptors (Lipinski definition) is 7. The molecule has 0 spiro atoms. The van der Waals surface area contributed by atoms with E-state index in [4.69, 9.17) is 0 Å². The molecule has 3 aromatic rings. The highest BCUT2D eigenvalue weighted by atomic mass is 16.6. The van der Waals surface area contributed by atoms with E-state index in [9.17, 15) is 25.0 Å². The van der Waals surface area contributed by atoms with Crippen LogP contribution in [0, 0.1) is 20.2 Å². The van der Waals surface area contributed by atoms with Crippen molar-refractivity contribution in [3.05, 3.63) is 98.6 Å². The number of nitro groups is 2. The SMILES string of the molecule is O=C(NC1CCCCC1)c1cc([N+](=O)[O-])c(NN(c2ccccc2)c2ccccc2)c([N+](=O)[O-])c1. The van der Waals surface area contributed by atoms with Gasteiger partial charge in [-0.2, -0.15) is 0 Å². The highest BCUT2D eigenvalue weighted by Gasteiger charge is 2.31. The Labute approximate surface area is 201 Å². The van der Waals surface area contributed by atoms with Crippen molar-refractivity contribution in [1.82, 2.24) is 5.32 Å². The van der Waals surface area contributed by atoms with Crippen LogP contribution < -0.4 is 15.8 Å². The highest BCUT2D eigenvalue weighted by Crippen LogP contribution is 2.38. The van der Waals surface area contributed by atoms with Crippen LogP contribution >= 0.6 is 0 Å². The summed E-state index contributed by atoms with van der Waals surface area (Å²) in [5.41, 5.74) is 2.53. The van der Waals surface area contributed by atoms with Crippen LogP contribution in [-0.4, -0.2) is 21.8 Å². The number of rotatable bonds is 8. The van der Waals surface area contributed by atoms with Gasteiger partial charge >= 0.3 is 11.4 Å². The summed E-state index contributed by atoms with van der Waals surface area (Å²) in [6, 6.07) is 20.0. The molecular formula is C25H25N5O5. The predicted octanol–water partition coefficient (Wildman–Crippen LogP) is 5.73. The van der Waals surface area contributed by atoms with Crippen molar-refractivity contribution in [3.8, 4) is 0 Å². The molecule has 0 unspecified atom stereocenters. The summed E-state index contributed by atoms with van der Waals surface area (Å²) in [6.07, 6.45) is 4.71. The summed E-state index contributed by atoms with van der Waals surface area (Å²) in [6.45, 7) is 0. The Hall–Kier alpha value is -4.47. The molecule has 1 saturated carbocycles. The molecule has 1 fully saturated rings. The Kier molecular flexibility index (Phi) is 7.20. The lowest BCUT2D eigenvalue weighted by atomic mass is 9.95. The predicted molar refractivity (Wildman–Crippen MR) is 133 cm³/mol. The summed E-state index contributed by atoms with van der Waals surface area (Å²) in [5.74, 6) is -0.558. The monoisotopic (exact) mass is 475 g/mol. The maximum absolute atomic E-state index is 12.9. The van der Waals surface area contributed by atoms with Gasteiger partial charge in [-0.1, -0.05) is 55.7 Å². The van der Waals surface area contributed by atoms with E-state index in [1.807, 2.05) is 12.1 Å². The van der Waals surface area contributed by atoms with Gasteiger partial charge in [0.2, 0.25) is 5.69 Å². The molecule has 180 valence electrons. The maximum atomic E-state index is 12.9. The van der Waals surface area contributed by atoms with Crippen molar-refractivity contribution in [2.75, 3.05) is 10.4 Å². The van der Waals surface area contributed by atoms with E-state index in [0.29, 0.717) is 11.4 Å². The summed E-state index contributed by atoms with van der Waals surface area (Å²) >= 11 is 0. The topological polar surface area (TPSA) is 131 Å². The van der Waals surface area contributed by atoms with Crippen LogP contribution in [-0.2, 0) is 0 Å². The Morgan fingerprint density at radius 1 is 0.800 bits per heavy atom. The maximum Gasteiger partial charge on any atom is 0.302 e. The number of nitro benzene ring substituents is 2. The summed E-state index contributed by atoms with van der Waals surface area (Å²) < 4.78 is 0. The average Bonchev–Trinajstić information content (AvgIpc) is 2.88.